The van der Waals surface area contributed by atoms with Gasteiger partial charge in [-0.05, 0) is 24.7 Å². The van der Waals surface area contributed by atoms with Gasteiger partial charge in [0.15, 0.2) is 0 Å². The third-order valence-electron chi connectivity index (χ3n) is 5.73. The Bertz CT molecular complexity index is 992. The zero-order chi connectivity index (χ0) is 19.9. The summed E-state index contributed by atoms with van der Waals surface area (Å²) in [6.45, 7) is 1.96. The van der Waals surface area contributed by atoms with E-state index in [2.05, 4.69) is 24.6 Å². The number of hydrogen-bond acceptors (Lipinski definition) is 9. The van der Waals surface area contributed by atoms with E-state index in [4.69, 9.17) is 10.5 Å². The maximum Gasteiger partial charge on any atom is 0.335 e. The summed E-state index contributed by atoms with van der Waals surface area (Å²) in [5.74, 6) is 0.500. The van der Waals surface area contributed by atoms with E-state index in [1.165, 1.54) is 18.5 Å². The minimum Gasteiger partial charge on any atom is -0.356 e. The van der Waals surface area contributed by atoms with Crippen LogP contribution in [0.15, 0.2) is 18.5 Å². The first-order valence-corrected chi connectivity index (χ1v) is 10.1. The number of nitrogens with zero attached hydrogens (tertiary/aromatic N) is 4. The number of benzene rings is 1. The second-order valence-corrected chi connectivity index (χ2v) is 8.66. The Balaban J connectivity index is 1.58. The fourth-order valence-corrected chi connectivity index (χ4v) is 4.90. The molecule has 4 rings (SSSR count). The van der Waals surface area contributed by atoms with Gasteiger partial charge in [0.05, 0.1) is 5.52 Å². The van der Waals surface area contributed by atoms with Crippen molar-refractivity contribution in [1.29, 1.82) is 0 Å². The molecule has 2 aliphatic rings. The summed E-state index contributed by atoms with van der Waals surface area (Å²) < 4.78 is 33.2. The van der Waals surface area contributed by atoms with Gasteiger partial charge in [0, 0.05) is 43.7 Å². The molecule has 3 N–H and O–H groups in total. The third-order valence-corrected chi connectivity index (χ3v) is 6.69. The van der Waals surface area contributed by atoms with Crippen LogP contribution in [0.1, 0.15) is 19.3 Å². The standard InChI is InChI=1S/C16H20N4O7S/c21-26-13-7-11-12(8-14(13)27-22)17-10-18-15(11)19-4-1-16(2-5-19)3-6-20(9-16)28(23,24)25/h7-8,10,21-22H,1-6,9H2,(H,23,24,25). The zero-order valence-electron chi connectivity index (χ0n) is 14.9. The number of fused-ring (bicyclic) bond motifs is 1. The molecule has 11 nitrogen and oxygen atoms in total. The van der Waals surface area contributed by atoms with Crippen LogP contribution in [0.3, 0.4) is 0 Å². The fourth-order valence-electron chi connectivity index (χ4n) is 4.14. The highest BCUT2D eigenvalue weighted by atomic mass is 32.2. The van der Waals surface area contributed by atoms with Gasteiger partial charge in [0.2, 0.25) is 11.5 Å². The lowest BCUT2D eigenvalue weighted by atomic mass is 9.78. The fraction of sp³-hybridized carbons (Fsp3) is 0.500. The van der Waals surface area contributed by atoms with Gasteiger partial charge in [0.25, 0.3) is 0 Å². The second kappa shape index (κ2) is 6.97. The highest BCUT2D eigenvalue weighted by Gasteiger charge is 2.44. The summed E-state index contributed by atoms with van der Waals surface area (Å²) >= 11 is 0. The normalized spacial score (nSPS) is 20.0. The first kappa shape index (κ1) is 19.1. The number of hydrogen-bond donors (Lipinski definition) is 3. The largest absolute Gasteiger partial charge is 0.356 e. The lowest BCUT2D eigenvalue weighted by Crippen LogP contribution is -2.42. The lowest BCUT2D eigenvalue weighted by molar-refractivity contribution is -0.164. The van der Waals surface area contributed by atoms with Crippen molar-refractivity contribution >= 4 is 27.0 Å². The molecular weight excluding hydrogens is 392 g/mol. The highest BCUT2D eigenvalue weighted by molar-refractivity contribution is 7.83. The van der Waals surface area contributed by atoms with Crippen molar-refractivity contribution in [3.8, 4) is 11.5 Å². The minimum absolute atomic E-state index is 0.0703. The van der Waals surface area contributed by atoms with Crippen LogP contribution in [0, 0.1) is 5.41 Å². The van der Waals surface area contributed by atoms with Crippen molar-refractivity contribution in [2.75, 3.05) is 31.1 Å². The van der Waals surface area contributed by atoms with Crippen molar-refractivity contribution in [2.45, 2.75) is 19.3 Å². The maximum atomic E-state index is 11.4. The molecule has 28 heavy (non-hydrogen) atoms. The maximum absolute atomic E-state index is 11.4. The van der Waals surface area contributed by atoms with Gasteiger partial charge in [-0.2, -0.15) is 12.7 Å². The van der Waals surface area contributed by atoms with Gasteiger partial charge >= 0.3 is 10.3 Å². The number of aromatic nitrogens is 2. The van der Waals surface area contributed by atoms with Gasteiger partial charge in [-0.15, -0.1) is 0 Å². The molecule has 1 aromatic heterocycles. The smallest absolute Gasteiger partial charge is 0.335 e. The van der Waals surface area contributed by atoms with Crippen LogP contribution in [0.25, 0.3) is 10.9 Å². The predicted octanol–water partition coefficient (Wildman–Crippen LogP) is 1.43. The topological polar surface area (TPSA) is 146 Å². The molecule has 0 atom stereocenters. The van der Waals surface area contributed by atoms with Crippen LogP contribution in [0.2, 0.25) is 0 Å². The molecule has 1 aromatic carbocycles. The molecule has 3 heterocycles. The van der Waals surface area contributed by atoms with Crippen molar-refractivity contribution in [3.05, 3.63) is 18.5 Å². The third kappa shape index (κ3) is 3.33. The van der Waals surface area contributed by atoms with Gasteiger partial charge in [0.1, 0.15) is 12.1 Å². The molecule has 2 fully saturated rings. The molecular formula is C16H20N4O7S. The second-order valence-electron chi connectivity index (χ2n) is 7.24. The Morgan fingerprint density at radius 3 is 2.25 bits per heavy atom. The Kier molecular flexibility index (Phi) is 4.75. The summed E-state index contributed by atoms with van der Waals surface area (Å²) in [5, 5.41) is 18.6. The van der Waals surface area contributed by atoms with Crippen LogP contribution >= 0.6 is 0 Å². The summed E-state index contributed by atoms with van der Waals surface area (Å²) in [5.41, 5.74) is 0.361. The van der Waals surface area contributed by atoms with Crippen LogP contribution in [-0.2, 0) is 10.3 Å². The van der Waals surface area contributed by atoms with Crippen molar-refractivity contribution < 1.29 is 33.3 Å². The lowest BCUT2D eigenvalue weighted by Gasteiger charge is -2.39. The van der Waals surface area contributed by atoms with Crippen molar-refractivity contribution in [3.63, 3.8) is 0 Å². The number of rotatable bonds is 4. The number of anilines is 1. The highest BCUT2D eigenvalue weighted by Crippen LogP contribution is 2.43. The van der Waals surface area contributed by atoms with Crippen LogP contribution in [0.4, 0.5) is 5.82 Å². The number of piperidine rings is 1. The zero-order valence-corrected chi connectivity index (χ0v) is 15.7. The molecule has 2 aliphatic heterocycles. The average molecular weight is 412 g/mol. The molecule has 1 spiro atoms. The first-order chi connectivity index (χ1) is 13.3. The molecule has 152 valence electrons. The van der Waals surface area contributed by atoms with Crippen LogP contribution < -0.4 is 14.7 Å². The van der Waals surface area contributed by atoms with E-state index >= 15 is 0 Å². The average Bonchev–Trinajstić information content (AvgIpc) is 3.11. The molecule has 2 saturated heterocycles. The molecule has 0 bridgehead atoms. The molecule has 2 aromatic rings. The predicted molar refractivity (Wildman–Crippen MR) is 97.7 cm³/mol. The van der Waals surface area contributed by atoms with E-state index in [-0.39, 0.29) is 16.9 Å². The van der Waals surface area contributed by atoms with Gasteiger partial charge in [-0.25, -0.2) is 20.5 Å². The Labute approximate surface area is 160 Å². The first-order valence-electron chi connectivity index (χ1n) is 8.74. The van der Waals surface area contributed by atoms with Gasteiger partial charge < -0.3 is 14.7 Å². The van der Waals surface area contributed by atoms with Gasteiger partial charge in [-0.3, -0.25) is 4.55 Å². The SMILES string of the molecule is O=S(=O)(O)N1CCC2(CCN(c3ncnc4cc(OO)c(OO)cc34)CC2)C1. The minimum atomic E-state index is -4.16. The Morgan fingerprint density at radius 1 is 1.00 bits per heavy atom. The molecule has 12 heteroatoms. The summed E-state index contributed by atoms with van der Waals surface area (Å²) in [6.07, 6.45) is 3.63. The van der Waals surface area contributed by atoms with Crippen molar-refractivity contribution in [2.24, 2.45) is 5.41 Å². The van der Waals surface area contributed by atoms with E-state index in [1.54, 1.807) is 0 Å². The van der Waals surface area contributed by atoms with E-state index in [1.807, 2.05) is 0 Å². The van der Waals surface area contributed by atoms with E-state index in [0.717, 1.165) is 17.1 Å². The van der Waals surface area contributed by atoms with E-state index in [0.29, 0.717) is 49.3 Å². The van der Waals surface area contributed by atoms with E-state index in [9.17, 15) is 13.0 Å². The molecule has 0 unspecified atom stereocenters. The van der Waals surface area contributed by atoms with E-state index < -0.39 is 10.3 Å². The monoisotopic (exact) mass is 412 g/mol. The quantitative estimate of drug-likeness (QED) is 0.383. The summed E-state index contributed by atoms with van der Waals surface area (Å²) in [4.78, 5) is 19.0. The Hall–Kier alpha value is -2.25. The molecule has 0 amide bonds. The summed E-state index contributed by atoms with van der Waals surface area (Å²) in [7, 11) is -4.16. The molecule has 0 radical (unpaired) electrons. The van der Waals surface area contributed by atoms with Crippen LogP contribution in [-0.4, -0.2) is 63.9 Å². The van der Waals surface area contributed by atoms with Gasteiger partial charge in [-0.1, -0.05) is 0 Å². The van der Waals surface area contributed by atoms with Crippen LogP contribution in [0.5, 0.6) is 11.5 Å². The molecule has 0 saturated carbocycles. The molecule has 0 aliphatic carbocycles. The van der Waals surface area contributed by atoms with Crippen molar-refractivity contribution in [1.82, 2.24) is 14.3 Å². The Morgan fingerprint density at radius 2 is 1.64 bits per heavy atom. The summed E-state index contributed by atoms with van der Waals surface area (Å²) in [6, 6.07) is 2.91.